The van der Waals surface area contributed by atoms with Crippen LogP contribution in [0, 0.1) is 6.92 Å². The molecule has 0 bridgehead atoms. The molecule has 5 nitrogen and oxygen atoms in total. The fourth-order valence-corrected chi connectivity index (χ4v) is 2.15. The van der Waals surface area contributed by atoms with E-state index in [4.69, 9.17) is 4.74 Å². The molecule has 0 heterocycles. The standard InChI is InChI=1S/C17H19F6NO4/c1-10(2)24(14(25)16(18,19)20)8-13(28-15(26)17(21,22)23)9-27-12-6-4-5-11(3)7-12/h4-7,10,13H,8-9H2,1-3H3. The van der Waals surface area contributed by atoms with Gasteiger partial charge < -0.3 is 14.4 Å². The van der Waals surface area contributed by atoms with Crippen molar-refractivity contribution in [2.24, 2.45) is 0 Å². The predicted molar refractivity (Wildman–Crippen MR) is 85.5 cm³/mol. The molecule has 0 fully saturated rings. The van der Waals surface area contributed by atoms with E-state index in [-0.39, 0.29) is 10.6 Å². The lowest BCUT2D eigenvalue weighted by Crippen LogP contribution is -2.50. The monoisotopic (exact) mass is 415 g/mol. The average molecular weight is 415 g/mol. The summed E-state index contributed by atoms with van der Waals surface area (Å²) in [5.74, 6) is -4.63. The topological polar surface area (TPSA) is 55.8 Å². The van der Waals surface area contributed by atoms with Crippen molar-refractivity contribution in [3.8, 4) is 5.75 Å². The minimum absolute atomic E-state index is 0.214. The number of halogens is 6. The molecule has 1 aromatic carbocycles. The van der Waals surface area contributed by atoms with Gasteiger partial charge in [-0.15, -0.1) is 0 Å². The smallest absolute Gasteiger partial charge is 0.490 e. The van der Waals surface area contributed by atoms with Crippen LogP contribution in [0.1, 0.15) is 19.4 Å². The molecule has 1 rings (SSSR count). The van der Waals surface area contributed by atoms with Gasteiger partial charge in [-0.25, -0.2) is 4.79 Å². The van der Waals surface area contributed by atoms with E-state index in [9.17, 15) is 35.9 Å². The minimum Gasteiger partial charge on any atom is -0.490 e. The number of hydrogen-bond donors (Lipinski definition) is 0. The predicted octanol–water partition coefficient (Wildman–Crippen LogP) is 3.65. The maximum Gasteiger partial charge on any atom is 0.490 e. The van der Waals surface area contributed by atoms with Crippen molar-refractivity contribution in [1.82, 2.24) is 4.90 Å². The van der Waals surface area contributed by atoms with Crippen LogP contribution >= 0.6 is 0 Å². The van der Waals surface area contributed by atoms with Crippen molar-refractivity contribution in [3.05, 3.63) is 29.8 Å². The Balaban J connectivity index is 3.00. The molecule has 0 aliphatic heterocycles. The van der Waals surface area contributed by atoms with Crippen LogP contribution in [0.3, 0.4) is 0 Å². The third kappa shape index (κ3) is 7.28. The summed E-state index contributed by atoms with van der Waals surface area (Å²) in [5, 5.41) is 0. The van der Waals surface area contributed by atoms with E-state index in [0.717, 1.165) is 5.56 Å². The third-order valence-electron chi connectivity index (χ3n) is 3.46. The lowest BCUT2D eigenvalue weighted by molar-refractivity contribution is -0.209. The van der Waals surface area contributed by atoms with Gasteiger partial charge in [-0.3, -0.25) is 4.79 Å². The number of carbonyl (C=O) groups excluding carboxylic acids is 2. The summed E-state index contributed by atoms with van der Waals surface area (Å²) in [6.45, 7) is 2.60. The van der Waals surface area contributed by atoms with Gasteiger partial charge in [0.25, 0.3) is 0 Å². The van der Waals surface area contributed by atoms with Crippen LogP contribution < -0.4 is 4.74 Å². The highest BCUT2D eigenvalue weighted by Crippen LogP contribution is 2.23. The molecule has 0 saturated heterocycles. The Hall–Kier alpha value is -2.46. The molecule has 1 aromatic rings. The molecule has 0 N–H and O–H groups in total. The van der Waals surface area contributed by atoms with Crippen molar-refractivity contribution in [2.45, 2.75) is 45.3 Å². The summed E-state index contributed by atoms with van der Waals surface area (Å²) in [7, 11) is 0. The van der Waals surface area contributed by atoms with E-state index in [0.29, 0.717) is 0 Å². The molecule has 0 saturated carbocycles. The van der Waals surface area contributed by atoms with Gasteiger partial charge in [0, 0.05) is 6.04 Å². The number of amides is 1. The van der Waals surface area contributed by atoms with Crippen LogP contribution in [0.25, 0.3) is 0 Å². The Morgan fingerprint density at radius 3 is 2.14 bits per heavy atom. The summed E-state index contributed by atoms with van der Waals surface area (Å²) in [6, 6.07) is 5.30. The maximum absolute atomic E-state index is 12.7. The number of ether oxygens (including phenoxy) is 2. The van der Waals surface area contributed by atoms with Crippen molar-refractivity contribution in [1.29, 1.82) is 0 Å². The molecular formula is C17H19F6NO4. The summed E-state index contributed by atoms with van der Waals surface area (Å²) in [6.07, 6.45) is -12.4. The molecule has 1 unspecified atom stereocenters. The summed E-state index contributed by atoms with van der Waals surface area (Å²) >= 11 is 0. The summed E-state index contributed by atoms with van der Waals surface area (Å²) < 4.78 is 85.2. The molecule has 0 aliphatic rings. The quantitative estimate of drug-likeness (QED) is 0.504. The Bertz CT molecular complexity index is 687. The first kappa shape index (κ1) is 23.6. The molecule has 28 heavy (non-hydrogen) atoms. The van der Waals surface area contributed by atoms with Crippen molar-refractivity contribution in [2.75, 3.05) is 13.2 Å². The Morgan fingerprint density at radius 2 is 1.68 bits per heavy atom. The highest BCUT2D eigenvalue weighted by Gasteiger charge is 2.46. The number of nitrogens with zero attached hydrogens (tertiary/aromatic N) is 1. The number of aryl methyl sites for hydroxylation is 1. The van der Waals surface area contributed by atoms with E-state index in [1.807, 2.05) is 0 Å². The van der Waals surface area contributed by atoms with E-state index in [2.05, 4.69) is 4.74 Å². The van der Waals surface area contributed by atoms with Gasteiger partial charge in [0.05, 0.1) is 6.54 Å². The van der Waals surface area contributed by atoms with Gasteiger partial charge in [0.15, 0.2) is 6.10 Å². The minimum atomic E-state index is -5.35. The van der Waals surface area contributed by atoms with Crippen molar-refractivity contribution in [3.63, 3.8) is 0 Å². The second-order valence-electron chi connectivity index (χ2n) is 6.20. The maximum atomic E-state index is 12.7. The Kier molecular flexibility index (Phi) is 7.71. The molecule has 0 spiro atoms. The van der Waals surface area contributed by atoms with Crippen molar-refractivity contribution >= 4 is 11.9 Å². The van der Waals surface area contributed by atoms with Gasteiger partial charge in [0.2, 0.25) is 0 Å². The molecule has 158 valence electrons. The molecular weight excluding hydrogens is 396 g/mol. The average Bonchev–Trinajstić information content (AvgIpc) is 2.54. The van der Waals surface area contributed by atoms with Gasteiger partial charge in [0.1, 0.15) is 12.4 Å². The molecule has 1 amide bonds. The first-order chi connectivity index (χ1) is 12.7. The number of alkyl halides is 6. The number of rotatable bonds is 7. The number of benzene rings is 1. The van der Waals surface area contributed by atoms with Crippen LogP contribution in [0.5, 0.6) is 5.75 Å². The molecule has 11 heteroatoms. The van der Waals surface area contributed by atoms with Gasteiger partial charge >= 0.3 is 24.2 Å². The normalized spacial score (nSPS) is 13.2. The zero-order valence-corrected chi connectivity index (χ0v) is 15.2. The SMILES string of the molecule is Cc1cccc(OCC(CN(C(=O)C(F)(F)F)C(C)C)OC(=O)C(F)(F)F)c1. The van der Waals surface area contributed by atoms with Gasteiger partial charge in [-0.1, -0.05) is 12.1 Å². The number of hydrogen-bond acceptors (Lipinski definition) is 4. The molecule has 0 radical (unpaired) electrons. The molecule has 1 atom stereocenters. The summed E-state index contributed by atoms with van der Waals surface area (Å²) in [4.78, 5) is 22.9. The summed E-state index contributed by atoms with van der Waals surface area (Å²) in [5.41, 5.74) is 0.761. The molecule has 0 aromatic heterocycles. The van der Waals surface area contributed by atoms with E-state index in [1.165, 1.54) is 26.0 Å². The second kappa shape index (κ2) is 9.16. The third-order valence-corrected chi connectivity index (χ3v) is 3.46. The van der Waals surface area contributed by atoms with Crippen LogP contribution in [-0.4, -0.2) is 54.4 Å². The zero-order chi connectivity index (χ0) is 21.7. The van der Waals surface area contributed by atoms with E-state index < -0.39 is 49.5 Å². The zero-order valence-electron chi connectivity index (χ0n) is 15.2. The van der Waals surface area contributed by atoms with Crippen LogP contribution in [0.4, 0.5) is 26.3 Å². The van der Waals surface area contributed by atoms with Crippen LogP contribution in [-0.2, 0) is 14.3 Å². The first-order valence-electron chi connectivity index (χ1n) is 8.07. The number of carbonyl (C=O) groups is 2. The van der Waals surface area contributed by atoms with Gasteiger partial charge in [-0.2, -0.15) is 26.3 Å². The highest BCUT2D eigenvalue weighted by molar-refractivity contribution is 5.82. The molecule has 0 aliphatic carbocycles. The largest absolute Gasteiger partial charge is 0.490 e. The number of esters is 1. The lowest BCUT2D eigenvalue weighted by Gasteiger charge is -2.31. The lowest BCUT2D eigenvalue weighted by atomic mass is 10.2. The Morgan fingerprint density at radius 1 is 1.07 bits per heavy atom. The fraction of sp³-hybridized carbons (Fsp3) is 0.529. The second-order valence-corrected chi connectivity index (χ2v) is 6.20. The fourth-order valence-electron chi connectivity index (χ4n) is 2.15. The van der Waals surface area contributed by atoms with E-state index in [1.54, 1.807) is 19.1 Å². The van der Waals surface area contributed by atoms with Crippen molar-refractivity contribution < 1.29 is 45.4 Å². The first-order valence-corrected chi connectivity index (χ1v) is 8.07. The van der Waals surface area contributed by atoms with Crippen LogP contribution in [0.15, 0.2) is 24.3 Å². The Labute approximate surface area is 157 Å². The van der Waals surface area contributed by atoms with E-state index >= 15 is 0 Å². The van der Waals surface area contributed by atoms with Gasteiger partial charge in [-0.05, 0) is 38.5 Å². The van der Waals surface area contributed by atoms with Crippen LogP contribution in [0.2, 0.25) is 0 Å². The highest BCUT2D eigenvalue weighted by atomic mass is 19.4.